The molecule has 2 rings (SSSR count). The summed E-state index contributed by atoms with van der Waals surface area (Å²) in [5.74, 6) is 0.477. The third-order valence-corrected chi connectivity index (χ3v) is 4.00. The topological polar surface area (TPSA) is 29.3 Å². The molecule has 1 aliphatic rings. The quantitative estimate of drug-likeness (QED) is 0.916. The lowest BCUT2D eigenvalue weighted by atomic mass is 10.00. The van der Waals surface area contributed by atoms with Gasteiger partial charge in [-0.05, 0) is 42.5 Å². The number of halogens is 3. The summed E-state index contributed by atoms with van der Waals surface area (Å²) in [5, 5.41) is 0. The molecule has 2 nitrogen and oxygen atoms in total. The molecule has 0 aromatic heterocycles. The summed E-state index contributed by atoms with van der Waals surface area (Å²) in [7, 11) is 0. The van der Waals surface area contributed by atoms with Crippen molar-refractivity contribution in [2.45, 2.75) is 45.5 Å². The van der Waals surface area contributed by atoms with Gasteiger partial charge in [-0.1, -0.05) is 13.8 Å². The molecule has 1 aromatic carbocycles. The summed E-state index contributed by atoms with van der Waals surface area (Å²) in [5.41, 5.74) is 6.47. The molecule has 5 heteroatoms. The van der Waals surface area contributed by atoms with E-state index in [4.69, 9.17) is 5.73 Å². The first-order valence-electron chi connectivity index (χ1n) is 7.01. The van der Waals surface area contributed by atoms with Crippen molar-refractivity contribution in [1.29, 1.82) is 0 Å². The Morgan fingerprint density at radius 3 is 2.60 bits per heavy atom. The van der Waals surface area contributed by atoms with Crippen molar-refractivity contribution in [2.24, 2.45) is 11.7 Å². The van der Waals surface area contributed by atoms with Gasteiger partial charge in [0.2, 0.25) is 0 Å². The highest BCUT2D eigenvalue weighted by Gasteiger charge is 2.33. The van der Waals surface area contributed by atoms with Crippen LogP contribution < -0.4 is 10.6 Å². The Morgan fingerprint density at radius 1 is 1.35 bits per heavy atom. The smallest absolute Gasteiger partial charge is 0.368 e. The van der Waals surface area contributed by atoms with Gasteiger partial charge in [0.1, 0.15) is 0 Å². The molecule has 1 atom stereocenters. The Hall–Kier alpha value is -1.23. The molecular weight excluding hydrogens is 265 g/mol. The third-order valence-electron chi connectivity index (χ3n) is 4.00. The number of hydrogen-bond donors (Lipinski definition) is 1. The van der Waals surface area contributed by atoms with Gasteiger partial charge in [-0.3, -0.25) is 0 Å². The fourth-order valence-corrected chi connectivity index (χ4v) is 2.99. The predicted molar refractivity (Wildman–Crippen MR) is 74.5 cm³/mol. The van der Waals surface area contributed by atoms with Crippen molar-refractivity contribution in [3.8, 4) is 0 Å². The average molecular weight is 286 g/mol. The lowest BCUT2D eigenvalue weighted by Gasteiger charge is -2.31. The van der Waals surface area contributed by atoms with Crippen molar-refractivity contribution in [3.05, 3.63) is 29.3 Å². The first-order valence-corrected chi connectivity index (χ1v) is 7.01. The minimum absolute atomic E-state index is 0.126. The Labute approximate surface area is 117 Å². The summed E-state index contributed by atoms with van der Waals surface area (Å²) >= 11 is 0. The molecule has 1 heterocycles. The second-order valence-corrected chi connectivity index (χ2v) is 5.69. The van der Waals surface area contributed by atoms with E-state index >= 15 is 0 Å². The SMILES string of the molecule is CC(C)C1CCCN1c1ccc(C(F)(F)F)cc1CN. The van der Waals surface area contributed by atoms with E-state index in [1.54, 1.807) is 6.07 Å². The third kappa shape index (κ3) is 2.92. The van der Waals surface area contributed by atoms with Gasteiger partial charge < -0.3 is 10.6 Å². The number of benzene rings is 1. The van der Waals surface area contributed by atoms with Gasteiger partial charge in [0, 0.05) is 24.8 Å². The van der Waals surface area contributed by atoms with Crippen LogP contribution in [-0.4, -0.2) is 12.6 Å². The molecule has 0 radical (unpaired) electrons. The molecule has 0 spiro atoms. The Morgan fingerprint density at radius 2 is 2.05 bits per heavy atom. The van der Waals surface area contributed by atoms with Crippen LogP contribution in [0.25, 0.3) is 0 Å². The van der Waals surface area contributed by atoms with E-state index in [1.807, 2.05) is 0 Å². The Bertz CT molecular complexity index is 469. The molecule has 1 fully saturated rings. The van der Waals surface area contributed by atoms with Crippen LogP contribution >= 0.6 is 0 Å². The minimum atomic E-state index is -4.31. The van der Waals surface area contributed by atoms with Gasteiger partial charge in [-0.2, -0.15) is 13.2 Å². The zero-order chi connectivity index (χ0) is 14.9. The molecule has 1 aliphatic heterocycles. The maximum Gasteiger partial charge on any atom is 0.416 e. The van der Waals surface area contributed by atoms with Crippen molar-refractivity contribution in [1.82, 2.24) is 0 Å². The zero-order valence-corrected chi connectivity index (χ0v) is 11.9. The molecule has 1 unspecified atom stereocenters. The van der Waals surface area contributed by atoms with Gasteiger partial charge in [0.25, 0.3) is 0 Å². The highest BCUT2D eigenvalue weighted by molar-refractivity contribution is 5.57. The summed E-state index contributed by atoms with van der Waals surface area (Å²) in [6, 6.07) is 4.30. The van der Waals surface area contributed by atoms with Crippen molar-refractivity contribution in [3.63, 3.8) is 0 Å². The number of rotatable bonds is 3. The molecule has 0 aliphatic carbocycles. The van der Waals surface area contributed by atoms with Gasteiger partial charge >= 0.3 is 6.18 Å². The molecular formula is C15H21F3N2. The maximum absolute atomic E-state index is 12.8. The van der Waals surface area contributed by atoms with Gasteiger partial charge in [-0.15, -0.1) is 0 Å². The van der Waals surface area contributed by atoms with Crippen LogP contribution in [0.5, 0.6) is 0 Å². The first-order chi connectivity index (χ1) is 9.34. The molecule has 1 aromatic rings. The second-order valence-electron chi connectivity index (χ2n) is 5.69. The van der Waals surface area contributed by atoms with Gasteiger partial charge in [0.15, 0.2) is 0 Å². The van der Waals surface area contributed by atoms with Crippen LogP contribution in [0.1, 0.15) is 37.8 Å². The average Bonchev–Trinajstić information content (AvgIpc) is 2.86. The number of hydrogen-bond acceptors (Lipinski definition) is 2. The molecule has 0 saturated carbocycles. The molecule has 112 valence electrons. The fourth-order valence-electron chi connectivity index (χ4n) is 2.99. The second kappa shape index (κ2) is 5.64. The van der Waals surface area contributed by atoms with Crippen LogP contribution in [-0.2, 0) is 12.7 Å². The monoisotopic (exact) mass is 286 g/mol. The lowest BCUT2D eigenvalue weighted by molar-refractivity contribution is -0.137. The highest BCUT2D eigenvalue weighted by Crippen LogP contribution is 2.36. The van der Waals surface area contributed by atoms with Crippen LogP contribution in [0, 0.1) is 5.92 Å². The van der Waals surface area contributed by atoms with E-state index in [2.05, 4.69) is 18.7 Å². The van der Waals surface area contributed by atoms with Crippen LogP contribution in [0.2, 0.25) is 0 Å². The molecule has 20 heavy (non-hydrogen) atoms. The number of nitrogens with zero attached hydrogens (tertiary/aromatic N) is 1. The lowest BCUT2D eigenvalue weighted by Crippen LogP contribution is -2.34. The Kier molecular flexibility index (Phi) is 4.28. The normalized spacial score (nSPS) is 19.9. The predicted octanol–water partition coefficient (Wildman–Crippen LogP) is 3.79. The van der Waals surface area contributed by atoms with Crippen LogP contribution in [0.4, 0.5) is 18.9 Å². The Balaban J connectivity index is 2.37. The largest absolute Gasteiger partial charge is 0.416 e. The first kappa shape index (κ1) is 15.2. The molecule has 0 amide bonds. The molecule has 2 N–H and O–H groups in total. The zero-order valence-electron chi connectivity index (χ0n) is 11.9. The van der Waals surface area contributed by atoms with Crippen molar-refractivity contribution >= 4 is 5.69 Å². The maximum atomic E-state index is 12.8. The van der Waals surface area contributed by atoms with E-state index in [9.17, 15) is 13.2 Å². The van der Waals surface area contributed by atoms with Crippen LogP contribution in [0.3, 0.4) is 0 Å². The van der Waals surface area contributed by atoms with Crippen molar-refractivity contribution < 1.29 is 13.2 Å². The molecule has 0 bridgehead atoms. The number of anilines is 1. The number of alkyl halides is 3. The van der Waals surface area contributed by atoms with Gasteiger partial charge in [0.05, 0.1) is 5.56 Å². The van der Waals surface area contributed by atoms with Gasteiger partial charge in [-0.25, -0.2) is 0 Å². The van der Waals surface area contributed by atoms with E-state index in [0.717, 1.165) is 31.1 Å². The fraction of sp³-hybridized carbons (Fsp3) is 0.600. The van der Waals surface area contributed by atoms with Crippen molar-refractivity contribution in [2.75, 3.05) is 11.4 Å². The highest BCUT2D eigenvalue weighted by atomic mass is 19.4. The summed E-state index contributed by atoms with van der Waals surface area (Å²) in [6.45, 7) is 5.31. The van der Waals surface area contributed by atoms with E-state index < -0.39 is 11.7 Å². The number of nitrogens with two attached hydrogens (primary N) is 1. The van der Waals surface area contributed by atoms with Crippen LogP contribution in [0.15, 0.2) is 18.2 Å². The van der Waals surface area contributed by atoms with E-state index in [1.165, 1.54) is 6.07 Å². The summed E-state index contributed by atoms with van der Waals surface area (Å²) in [6.07, 6.45) is -2.15. The summed E-state index contributed by atoms with van der Waals surface area (Å²) in [4.78, 5) is 2.22. The van der Waals surface area contributed by atoms with E-state index in [-0.39, 0.29) is 6.54 Å². The van der Waals surface area contributed by atoms with E-state index in [0.29, 0.717) is 17.5 Å². The molecule has 1 saturated heterocycles. The summed E-state index contributed by atoms with van der Waals surface area (Å²) < 4.78 is 38.3. The minimum Gasteiger partial charge on any atom is -0.368 e. The standard InChI is InChI=1S/C15H21F3N2/c1-10(2)13-4-3-7-20(13)14-6-5-12(15(16,17)18)8-11(14)9-19/h5-6,8,10,13H,3-4,7,9,19H2,1-2H3.